The highest BCUT2D eigenvalue weighted by Gasteiger charge is 2.55. The number of fused-ring (bicyclic) bond motifs is 1. The lowest BCUT2D eigenvalue weighted by Gasteiger charge is -2.47. The third kappa shape index (κ3) is 12.9. The molecule has 430 valence electrons. The fraction of sp³-hybridized carbons (Fsp3) is 0.500. The predicted molar refractivity (Wildman–Crippen MR) is 261 cm³/mol. The Morgan fingerprint density at radius 3 is 1.75 bits per heavy atom. The van der Waals surface area contributed by atoms with Crippen LogP contribution >= 0.6 is 0 Å². The highest BCUT2D eigenvalue weighted by atomic mass is 16.8. The molecule has 20 atom stereocenters. The molecule has 0 bridgehead atoms. The number of carbonyl (C=O) groups excluding carboxylic acids is 3. The zero-order valence-corrected chi connectivity index (χ0v) is 42.6. The minimum absolute atomic E-state index is 0.00723. The van der Waals surface area contributed by atoms with E-state index in [4.69, 9.17) is 56.5 Å². The van der Waals surface area contributed by atoms with E-state index in [1.807, 2.05) is 0 Å². The highest BCUT2D eigenvalue weighted by molar-refractivity contribution is 5.89. The molecule has 5 heterocycles. The quantitative estimate of drug-likeness (QED) is 0.0389. The summed E-state index contributed by atoms with van der Waals surface area (Å²) in [6.07, 6.45) is -32.1. The molecule has 3 aromatic carbocycles. The molecule has 11 N–H and O–H groups in total. The first-order valence-electron chi connectivity index (χ1n) is 24.7. The van der Waals surface area contributed by atoms with Crippen molar-refractivity contribution in [2.45, 2.75) is 157 Å². The zero-order valence-electron chi connectivity index (χ0n) is 42.6. The molecule has 27 nitrogen and oxygen atoms in total. The van der Waals surface area contributed by atoms with Gasteiger partial charge in [-0.1, -0.05) is 12.1 Å². The van der Waals surface area contributed by atoms with E-state index < -0.39 is 181 Å². The van der Waals surface area contributed by atoms with Gasteiger partial charge in [0.25, 0.3) is 0 Å². The van der Waals surface area contributed by atoms with Crippen molar-refractivity contribution in [1.29, 1.82) is 0 Å². The van der Waals surface area contributed by atoms with Crippen LogP contribution in [0.2, 0.25) is 0 Å². The molecule has 27 heteroatoms. The van der Waals surface area contributed by atoms with Gasteiger partial charge in [-0.3, -0.25) is 14.4 Å². The number of esters is 3. The molecule has 79 heavy (non-hydrogen) atoms. The van der Waals surface area contributed by atoms with Crippen molar-refractivity contribution in [2.75, 3.05) is 6.61 Å². The average Bonchev–Trinajstić information content (AvgIpc) is 3.54. The number of aliphatic hydroxyl groups excluding tert-OH is 8. The van der Waals surface area contributed by atoms with E-state index in [1.54, 1.807) is 0 Å². The molecule has 4 fully saturated rings. The van der Waals surface area contributed by atoms with Crippen molar-refractivity contribution in [2.24, 2.45) is 0 Å². The minimum Gasteiger partial charge on any atom is -0.508 e. The molecule has 0 amide bonds. The number of aromatic hydroxyl groups is 3. The van der Waals surface area contributed by atoms with Crippen molar-refractivity contribution in [3.8, 4) is 40.1 Å². The van der Waals surface area contributed by atoms with E-state index in [0.29, 0.717) is 5.56 Å². The Morgan fingerprint density at radius 1 is 0.570 bits per heavy atom. The second-order valence-electron chi connectivity index (χ2n) is 19.2. The van der Waals surface area contributed by atoms with Gasteiger partial charge >= 0.3 is 17.9 Å². The van der Waals surface area contributed by atoms with Gasteiger partial charge in [-0.2, -0.15) is 0 Å². The first kappa shape index (κ1) is 58.6. The van der Waals surface area contributed by atoms with Crippen molar-refractivity contribution >= 4 is 35.0 Å². The third-order valence-electron chi connectivity index (χ3n) is 13.4. The number of carbonyl (C=O) groups is 3. The topological polar surface area (TPSA) is 405 Å². The summed E-state index contributed by atoms with van der Waals surface area (Å²) in [4.78, 5) is 53.4. The van der Waals surface area contributed by atoms with Crippen LogP contribution in [0.1, 0.15) is 40.2 Å². The van der Waals surface area contributed by atoms with E-state index in [9.17, 15) is 75.3 Å². The van der Waals surface area contributed by atoms with Crippen molar-refractivity contribution < 1.29 is 127 Å². The second-order valence-corrected chi connectivity index (χ2v) is 19.2. The average molecular weight is 1120 g/mol. The smallest absolute Gasteiger partial charge is 0.331 e. The summed E-state index contributed by atoms with van der Waals surface area (Å²) in [5.74, 6) is -5.68. The Labute approximate surface area is 447 Å². The summed E-state index contributed by atoms with van der Waals surface area (Å²) in [5.41, 5.74) is -1.14. The van der Waals surface area contributed by atoms with Gasteiger partial charge in [0.05, 0.1) is 24.9 Å². The second kappa shape index (κ2) is 24.4. The van der Waals surface area contributed by atoms with Crippen LogP contribution in [0, 0.1) is 0 Å². The number of benzene rings is 3. The maximum absolute atomic E-state index is 15.0. The van der Waals surface area contributed by atoms with Crippen LogP contribution in [0.3, 0.4) is 0 Å². The number of phenols is 3. The van der Waals surface area contributed by atoms with E-state index in [2.05, 4.69) is 0 Å². The molecule has 4 aliphatic rings. The molecule has 4 aliphatic heterocycles. The Hall–Kier alpha value is -6.54. The van der Waals surface area contributed by atoms with Gasteiger partial charge < -0.3 is 113 Å². The maximum atomic E-state index is 15.0. The summed E-state index contributed by atoms with van der Waals surface area (Å²) >= 11 is 0. The standard InChI is InChI=1S/C52H60O27/c1-19-34(59)37(62)39(64)49(69-19)68-18-31-45(77-32(58)15-8-24-6-11-26(55)12-7-24)42(67)48(79-51-47(73-23(5)54)41(66)43(21(3)71-51)72-22(4)53)52(76-31)78-46-36(61)33-29(57)16-28(74-50-40(65)38(63)35(60)20(2)70-50)17-30(33)75-44(46)25-9-13-27(56)14-10-25/h6-17,19-21,31,34-35,37-43,45,47-52,55-57,59-60,62-67H,18H2,1-5H3/b15-8+/t19-,20-,21-,31+,34-,35-,37+,38+,39+,40+,41+,42-,43-,45-,47+,48+,49+,50-,51-,52-/m0/s1. The van der Waals surface area contributed by atoms with Crippen LogP contribution in [-0.4, -0.2) is 204 Å². The Balaban J connectivity index is 1.23. The van der Waals surface area contributed by atoms with Gasteiger partial charge in [-0.05, 0) is 68.8 Å². The van der Waals surface area contributed by atoms with E-state index >= 15 is 0 Å². The monoisotopic (exact) mass is 1120 g/mol. The molecule has 1 aromatic heterocycles. The van der Waals surface area contributed by atoms with Gasteiger partial charge in [-0.15, -0.1) is 0 Å². The number of ether oxygens (including phenoxy) is 11. The molecule has 4 saturated heterocycles. The Bertz CT molecular complexity index is 2880. The molecule has 0 spiro atoms. The molecule has 0 aliphatic carbocycles. The van der Waals surface area contributed by atoms with Crippen LogP contribution in [-0.2, 0) is 57.0 Å². The Morgan fingerprint density at radius 2 is 1.13 bits per heavy atom. The molecule has 0 unspecified atom stereocenters. The fourth-order valence-corrected chi connectivity index (χ4v) is 9.21. The lowest BCUT2D eigenvalue weighted by atomic mass is 9.96. The largest absolute Gasteiger partial charge is 0.508 e. The van der Waals surface area contributed by atoms with Crippen LogP contribution in [0.5, 0.6) is 28.7 Å². The van der Waals surface area contributed by atoms with Crippen LogP contribution in [0.25, 0.3) is 28.4 Å². The van der Waals surface area contributed by atoms with Crippen LogP contribution in [0.4, 0.5) is 0 Å². The summed E-state index contributed by atoms with van der Waals surface area (Å²) in [7, 11) is 0. The number of hydrogen-bond acceptors (Lipinski definition) is 27. The summed E-state index contributed by atoms with van der Waals surface area (Å²) in [5, 5.41) is 118. The summed E-state index contributed by atoms with van der Waals surface area (Å²) < 4.78 is 70.7. The number of hydrogen-bond donors (Lipinski definition) is 11. The zero-order chi connectivity index (χ0) is 57.3. The molecule has 8 rings (SSSR count). The Kier molecular flexibility index (Phi) is 18.1. The normalized spacial score (nSPS) is 34.9. The lowest BCUT2D eigenvalue weighted by molar-refractivity contribution is -0.360. The van der Waals surface area contributed by atoms with Crippen molar-refractivity contribution in [3.05, 3.63) is 82.5 Å². The summed E-state index contributed by atoms with van der Waals surface area (Å²) in [6, 6.07) is 12.7. The first-order chi connectivity index (χ1) is 37.4. The number of phenolic OH excluding ortho intramolecular Hbond substituents is 3. The van der Waals surface area contributed by atoms with Crippen molar-refractivity contribution in [1.82, 2.24) is 0 Å². The molecule has 0 radical (unpaired) electrons. The van der Waals surface area contributed by atoms with Gasteiger partial charge in [-0.25, -0.2) is 4.79 Å². The van der Waals surface area contributed by atoms with Crippen molar-refractivity contribution in [3.63, 3.8) is 0 Å². The molecular formula is C52H60O27. The highest BCUT2D eigenvalue weighted by Crippen LogP contribution is 2.40. The van der Waals surface area contributed by atoms with Crippen LogP contribution in [0.15, 0.2) is 76.0 Å². The number of aliphatic hydroxyl groups is 8. The fourth-order valence-electron chi connectivity index (χ4n) is 9.21. The third-order valence-corrected chi connectivity index (χ3v) is 13.4. The van der Waals surface area contributed by atoms with E-state index in [-0.39, 0.29) is 22.8 Å². The van der Waals surface area contributed by atoms with Gasteiger partial charge in [0.1, 0.15) is 88.9 Å². The molecule has 0 saturated carbocycles. The number of rotatable bonds is 15. The van der Waals surface area contributed by atoms with Gasteiger partial charge in [0.2, 0.25) is 23.8 Å². The first-order valence-corrected chi connectivity index (χ1v) is 24.7. The lowest BCUT2D eigenvalue weighted by Crippen LogP contribution is -2.66. The molecule has 4 aromatic rings. The molecular weight excluding hydrogens is 1060 g/mol. The maximum Gasteiger partial charge on any atom is 0.331 e. The predicted octanol–water partition coefficient (Wildman–Crippen LogP) is -0.929. The summed E-state index contributed by atoms with van der Waals surface area (Å²) in [6.45, 7) is 5.34. The SMILES string of the molecule is CC(=O)O[C@@H]1[C@@H](O)[C@@H](OC(C)=O)[C@H](O[C@H]2[C@H](Oc3c(-c4ccc(O)cc4)oc4cc(O[C@@H]5O[C@@H](C)[C@H](O)[C@@H](O)[C@H]5O)cc(O)c4c3=O)O[C@H](CO[C@@H]3O[C@@H](C)[C@H](O)[C@@H](O)[C@H]3O)[C@H](OC(=O)/C=C/c3ccc(O)cc3)[C@@H]2O)O[C@H]1C. The van der Waals surface area contributed by atoms with Gasteiger partial charge in [0, 0.05) is 37.6 Å². The van der Waals surface area contributed by atoms with E-state index in [1.165, 1.54) is 75.4 Å². The van der Waals surface area contributed by atoms with E-state index in [0.717, 1.165) is 32.1 Å². The minimum atomic E-state index is -2.22. The van der Waals surface area contributed by atoms with Crippen LogP contribution < -0.4 is 14.9 Å². The van der Waals surface area contributed by atoms with Gasteiger partial charge in [0.15, 0.2) is 42.8 Å².